The molecule has 1 amide bonds. The van der Waals surface area contributed by atoms with Gasteiger partial charge in [0.05, 0.1) is 25.9 Å². The van der Waals surface area contributed by atoms with Gasteiger partial charge >= 0.3 is 0 Å². The smallest absolute Gasteiger partial charge is 0.252 e. The van der Waals surface area contributed by atoms with E-state index in [2.05, 4.69) is 5.32 Å². The highest BCUT2D eigenvalue weighted by molar-refractivity contribution is 5.95. The number of rotatable bonds is 5. The fourth-order valence-electron chi connectivity index (χ4n) is 1.69. The summed E-state index contributed by atoms with van der Waals surface area (Å²) in [5.41, 5.74) is 0.543. The van der Waals surface area contributed by atoms with Gasteiger partial charge in [0.1, 0.15) is 11.5 Å². The number of nitrogens with one attached hydrogen (secondary N) is 1. The van der Waals surface area contributed by atoms with E-state index in [0.29, 0.717) is 17.1 Å². The Morgan fingerprint density at radius 3 is 2.05 bits per heavy atom. The highest BCUT2D eigenvalue weighted by Gasteiger charge is 2.27. The molecule has 0 bridgehead atoms. The van der Waals surface area contributed by atoms with Gasteiger partial charge in [-0.05, 0) is 39.8 Å². The number of carbonyl (C=O) groups is 1. The lowest BCUT2D eigenvalue weighted by atomic mass is 9.98. The molecule has 0 heterocycles. The standard InChI is InChI=1S/C15H23NO4/c1-9-12(19-5)7-11(8-13(9)20-6)14(18)16-15(3,4)10(2)17/h7-8,10,17H,1-6H3,(H,16,18). The molecule has 0 aromatic heterocycles. The highest BCUT2D eigenvalue weighted by Crippen LogP contribution is 2.29. The Kier molecular flexibility index (Phi) is 5.00. The molecule has 0 fully saturated rings. The largest absolute Gasteiger partial charge is 0.496 e. The van der Waals surface area contributed by atoms with Crippen LogP contribution in [-0.2, 0) is 0 Å². The number of aliphatic hydroxyl groups is 1. The minimum atomic E-state index is -0.720. The van der Waals surface area contributed by atoms with Crippen molar-refractivity contribution < 1.29 is 19.4 Å². The molecule has 0 saturated heterocycles. The summed E-state index contributed by atoms with van der Waals surface area (Å²) in [4.78, 5) is 12.3. The molecule has 1 rings (SSSR count). The van der Waals surface area contributed by atoms with E-state index in [0.717, 1.165) is 5.56 Å². The molecule has 1 unspecified atom stereocenters. The van der Waals surface area contributed by atoms with Crippen LogP contribution in [0.5, 0.6) is 11.5 Å². The first kappa shape index (κ1) is 16.3. The lowest BCUT2D eigenvalue weighted by Gasteiger charge is -2.29. The maximum absolute atomic E-state index is 12.3. The number of benzene rings is 1. The Morgan fingerprint density at radius 2 is 1.70 bits per heavy atom. The molecule has 1 aromatic rings. The first-order valence-corrected chi connectivity index (χ1v) is 6.46. The average Bonchev–Trinajstić information content (AvgIpc) is 2.38. The number of hydrogen-bond acceptors (Lipinski definition) is 4. The van der Waals surface area contributed by atoms with Crippen molar-refractivity contribution in [2.24, 2.45) is 0 Å². The summed E-state index contributed by atoms with van der Waals surface area (Å²) in [6.07, 6.45) is -0.666. The molecule has 20 heavy (non-hydrogen) atoms. The summed E-state index contributed by atoms with van der Waals surface area (Å²) < 4.78 is 10.5. The Hall–Kier alpha value is -1.75. The summed E-state index contributed by atoms with van der Waals surface area (Å²) in [5.74, 6) is 0.890. The van der Waals surface area contributed by atoms with E-state index in [-0.39, 0.29) is 5.91 Å². The summed E-state index contributed by atoms with van der Waals surface area (Å²) in [7, 11) is 3.09. The molecule has 1 atom stereocenters. The lowest BCUT2D eigenvalue weighted by molar-refractivity contribution is 0.0709. The predicted octanol–water partition coefficient (Wildman–Crippen LogP) is 1.90. The second-order valence-corrected chi connectivity index (χ2v) is 5.36. The Morgan fingerprint density at radius 1 is 1.25 bits per heavy atom. The molecule has 2 N–H and O–H groups in total. The van der Waals surface area contributed by atoms with Gasteiger partial charge in [0.2, 0.25) is 0 Å². The molecule has 0 spiro atoms. The van der Waals surface area contributed by atoms with Crippen LogP contribution in [0.25, 0.3) is 0 Å². The van der Waals surface area contributed by atoms with Crippen LogP contribution in [0.3, 0.4) is 0 Å². The van der Waals surface area contributed by atoms with Gasteiger partial charge in [-0.25, -0.2) is 0 Å². The van der Waals surface area contributed by atoms with Crippen LogP contribution in [0.1, 0.15) is 36.7 Å². The fraction of sp³-hybridized carbons (Fsp3) is 0.533. The SMILES string of the molecule is COc1cc(C(=O)NC(C)(C)C(C)O)cc(OC)c1C. The second kappa shape index (κ2) is 6.13. The van der Waals surface area contributed by atoms with Crippen LogP contribution in [0.4, 0.5) is 0 Å². The van der Waals surface area contributed by atoms with Gasteiger partial charge < -0.3 is 19.9 Å². The molecule has 1 aromatic carbocycles. The summed E-state index contributed by atoms with van der Waals surface area (Å²) >= 11 is 0. The number of amides is 1. The van der Waals surface area contributed by atoms with Gasteiger partial charge in [-0.1, -0.05) is 0 Å². The third kappa shape index (κ3) is 3.42. The van der Waals surface area contributed by atoms with Gasteiger partial charge in [-0.15, -0.1) is 0 Å². The number of hydrogen-bond donors (Lipinski definition) is 2. The average molecular weight is 281 g/mol. The van der Waals surface area contributed by atoms with E-state index in [1.807, 2.05) is 6.92 Å². The predicted molar refractivity (Wildman–Crippen MR) is 77.5 cm³/mol. The Bertz CT molecular complexity index is 470. The summed E-state index contributed by atoms with van der Waals surface area (Å²) in [6.45, 7) is 7.02. The number of carbonyl (C=O) groups excluding carboxylic acids is 1. The van der Waals surface area contributed by atoms with Crippen molar-refractivity contribution in [2.45, 2.75) is 39.3 Å². The quantitative estimate of drug-likeness (QED) is 0.865. The van der Waals surface area contributed by atoms with Crippen molar-refractivity contribution in [3.05, 3.63) is 23.3 Å². The van der Waals surface area contributed by atoms with Crippen molar-refractivity contribution in [3.8, 4) is 11.5 Å². The van der Waals surface area contributed by atoms with Crippen molar-refractivity contribution in [1.29, 1.82) is 0 Å². The van der Waals surface area contributed by atoms with Gasteiger partial charge in [0.25, 0.3) is 5.91 Å². The highest BCUT2D eigenvalue weighted by atomic mass is 16.5. The first-order valence-electron chi connectivity index (χ1n) is 6.46. The van der Waals surface area contributed by atoms with Crippen LogP contribution in [-0.4, -0.2) is 36.9 Å². The van der Waals surface area contributed by atoms with Gasteiger partial charge in [-0.2, -0.15) is 0 Å². The molecule has 112 valence electrons. The van der Waals surface area contributed by atoms with Crippen LogP contribution in [0, 0.1) is 6.92 Å². The van der Waals surface area contributed by atoms with Crippen LogP contribution in [0.2, 0.25) is 0 Å². The molecule has 0 aliphatic heterocycles. The molecular weight excluding hydrogens is 258 g/mol. The van der Waals surface area contributed by atoms with Crippen molar-refractivity contribution in [3.63, 3.8) is 0 Å². The number of methoxy groups -OCH3 is 2. The second-order valence-electron chi connectivity index (χ2n) is 5.36. The third-order valence-corrected chi connectivity index (χ3v) is 3.49. The molecule has 0 aliphatic carbocycles. The van der Waals surface area contributed by atoms with Crippen LogP contribution in [0.15, 0.2) is 12.1 Å². The minimum absolute atomic E-state index is 0.285. The molecule has 5 nitrogen and oxygen atoms in total. The van der Waals surface area contributed by atoms with Crippen LogP contribution >= 0.6 is 0 Å². The minimum Gasteiger partial charge on any atom is -0.496 e. The Balaban J connectivity index is 3.11. The van der Waals surface area contributed by atoms with E-state index >= 15 is 0 Å². The lowest BCUT2D eigenvalue weighted by Crippen LogP contribution is -2.50. The topological polar surface area (TPSA) is 67.8 Å². The fourth-order valence-corrected chi connectivity index (χ4v) is 1.69. The zero-order valence-corrected chi connectivity index (χ0v) is 12.9. The number of aliphatic hydroxyl groups excluding tert-OH is 1. The molecular formula is C15H23NO4. The van der Waals surface area contributed by atoms with E-state index < -0.39 is 11.6 Å². The zero-order chi connectivity index (χ0) is 15.5. The van der Waals surface area contributed by atoms with Crippen molar-refractivity contribution in [1.82, 2.24) is 5.32 Å². The first-order chi connectivity index (χ1) is 9.22. The zero-order valence-electron chi connectivity index (χ0n) is 12.9. The van der Waals surface area contributed by atoms with Crippen molar-refractivity contribution in [2.75, 3.05) is 14.2 Å². The van der Waals surface area contributed by atoms with Gasteiger partial charge in [0.15, 0.2) is 0 Å². The van der Waals surface area contributed by atoms with E-state index in [9.17, 15) is 9.90 Å². The molecule has 0 saturated carbocycles. The molecule has 5 heteroatoms. The molecule has 0 radical (unpaired) electrons. The summed E-state index contributed by atoms with van der Waals surface area (Å²) in [5, 5.41) is 12.5. The van der Waals surface area contributed by atoms with E-state index in [1.54, 1.807) is 47.1 Å². The number of ether oxygens (including phenoxy) is 2. The van der Waals surface area contributed by atoms with Gasteiger partial charge in [-0.3, -0.25) is 4.79 Å². The maximum Gasteiger partial charge on any atom is 0.252 e. The Labute approximate surface area is 119 Å². The maximum atomic E-state index is 12.3. The monoisotopic (exact) mass is 281 g/mol. The third-order valence-electron chi connectivity index (χ3n) is 3.49. The van der Waals surface area contributed by atoms with Gasteiger partial charge in [0, 0.05) is 11.1 Å². The van der Waals surface area contributed by atoms with E-state index in [4.69, 9.17) is 9.47 Å². The van der Waals surface area contributed by atoms with Crippen molar-refractivity contribution >= 4 is 5.91 Å². The van der Waals surface area contributed by atoms with Crippen LogP contribution < -0.4 is 14.8 Å². The normalized spacial score (nSPS) is 12.8. The molecule has 0 aliphatic rings. The summed E-state index contributed by atoms with van der Waals surface area (Å²) in [6, 6.07) is 3.32. The van der Waals surface area contributed by atoms with E-state index in [1.165, 1.54) is 0 Å².